The van der Waals surface area contributed by atoms with Gasteiger partial charge in [-0.15, -0.1) is 0 Å². The third kappa shape index (κ3) is 2.11. The van der Waals surface area contributed by atoms with Crippen LogP contribution in [0.3, 0.4) is 0 Å². The molecular formula is C13H17N3O3S. The van der Waals surface area contributed by atoms with E-state index in [-0.39, 0.29) is 17.5 Å². The minimum absolute atomic E-state index is 0.111. The molecule has 6 nitrogen and oxygen atoms in total. The molecule has 2 aromatic rings. The minimum Gasteiger partial charge on any atom is -0.463 e. The van der Waals surface area contributed by atoms with Crippen LogP contribution < -0.4 is 5.73 Å². The molecule has 2 aromatic heterocycles. The van der Waals surface area contributed by atoms with Gasteiger partial charge >= 0.3 is 0 Å². The van der Waals surface area contributed by atoms with E-state index in [9.17, 15) is 8.42 Å². The standard InChI is InChI=1S/C13H17N3O3S/c1-2-10-12(11-4-3-6-19-11)15-16(13(10)14)9-5-7-20(17,18)8-9/h3-4,6,9H,2,5,7-8,14H2,1H3. The maximum absolute atomic E-state index is 11.6. The first-order valence-corrected chi connectivity index (χ1v) is 8.45. The van der Waals surface area contributed by atoms with Crippen molar-refractivity contribution in [2.45, 2.75) is 25.8 Å². The van der Waals surface area contributed by atoms with E-state index in [0.29, 0.717) is 23.7 Å². The molecule has 2 N–H and O–H groups in total. The van der Waals surface area contributed by atoms with E-state index in [1.807, 2.05) is 13.0 Å². The maximum atomic E-state index is 11.6. The van der Waals surface area contributed by atoms with Gasteiger partial charge in [0, 0.05) is 5.56 Å². The predicted octanol–water partition coefficient (Wildman–Crippen LogP) is 1.65. The van der Waals surface area contributed by atoms with Crippen LogP contribution in [0.25, 0.3) is 11.5 Å². The first-order chi connectivity index (χ1) is 9.52. The Labute approximate surface area is 117 Å². The second-order valence-corrected chi connectivity index (χ2v) is 7.27. The van der Waals surface area contributed by atoms with Crippen molar-refractivity contribution in [3.63, 3.8) is 0 Å². The summed E-state index contributed by atoms with van der Waals surface area (Å²) in [5.41, 5.74) is 7.77. The van der Waals surface area contributed by atoms with Crippen molar-refractivity contribution >= 4 is 15.7 Å². The smallest absolute Gasteiger partial charge is 0.154 e. The highest BCUT2D eigenvalue weighted by Gasteiger charge is 2.32. The van der Waals surface area contributed by atoms with Gasteiger partial charge in [-0.1, -0.05) is 6.92 Å². The van der Waals surface area contributed by atoms with E-state index in [4.69, 9.17) is 10.2 Å². The van der Waals surface area contributed by atoms with E-state index in [1.54, 1.807) is 17.0 Å². The lowest BCUT2D eigenvalue weighted by molar-refractivity contribution is 0.504. The van der Waals surface area contributed by atoms with Crippen molar-refractivity contribution < 1.29 is 12.8 Å². The number of nitrogen functional groups attached to an aromatic ring is 1. The Morgan fingerprint density at radius 2 is 2.35 bits per heavy atom. The molecule has 1 aliphatic heterocycles. The normalized spacial score (nSPS) is 21.4. The van der Waals surface area contributed by atoms with Crippen molar-refractivity contribution in [2.75, 3.05) is 17.2 Å². The number of nitrogens with two attached hydrogens (primary N) is 1. The van der Waals surface area contributed by atoms with Gasteiger partial charge in [-0.05, 0) is 25.0 Å². The van der Waals surface area contributed by atoms with E-state index in [2.05, 4.69) is 5.10 Å². The van der Waals surface area contributed by atoms with Crippen LogP contribution in [0.4, 0.5) is 5.82 Å². The van der Waals surface area contributed by atoms with Gasteiger partial charge in [0.1, 0.15) is 11.5 Å². The van der Waals surface area contributed by atoms with Gasteiger partial charge in [0.05, 0.1) is 23.8 Å². The van der Waals surface area contributed by atoms with Crippen LogP contribution in [0, 0.1) is 0 Å². The maximum Gasteiger partial charge on any atom is 0.154 e. The highest BCUT2D eigenvalue weighted by atomic mass is 32.2. The fourth-order valence-electron chi connectivity index (χ4n) is 2.69. The second-order valence-electron chi connectivity index (χ2n) is 5.04. The molecule has 0 amide bonds. The van der Waals surface area contributed by atoms with Crippen molar-refractivity contribution in [1.29, 1.82) is 0 Å². The van der Waals surface area contributed by atoms with Crippen LogP contribution in [-0.2, 0) is 16.3 Å². The molecule has 20 heavy (non-hydrogen) atoms. The van der Waals surface area contributed by atoms with Gasteiger partial charge in [0.25, 0.3) is 0 Å². The number of hydrogen-bond acceptors (Lipinski definition) is 5. The van der Waals surface area contributed by atoms with Crippen LogP contribution in [0.15, 0.2) is 22.8 Å². The van der Waals surface area contributed by atoms with Crippen molar-refractivity contribution in [3.05, 3.63) is 24.0 Å². The number of aromatic nitrogens is 2. The summed E-state index contributed by atoms with van der Waals surface area (Å²) in [6, 6.07) is 3.45. The molecule has 3 rings (SSSR count). The number of rotatable bonds is 3. The SMILES string of the molecule is CCc1c(-c2ccco2)nn(C2CCS(=O)(=O)C2)c1N. The fraction of sp³-hybridized carbons (Fsp3) is 0.462. The largest absolute Gasteiger partial charge is 0.463 e. The first-order valence-electron chi connectivity index (χ1n) is 6.63. The minimum atomic E-state index is -2.96. The molecule has 1 atom stereocenters. The third-order valence-corrected chi connectivity index (χ3v) is 5.46. The van der Waals surface area contributed by atoms with Gasteiger partial charge in [0.15, 0.2) is 15.6 Å². The number of nitrogens with zero attached hydrogens (tertiary/aromatic N) is 2. The topological polar surface area (TPSA) is 91.1 Å². The summed E-state index contributed by atoms with van der Waals surface area (Å²) in [6.45, 7) is 2.00. The highest BCUT2D eigenvalue weighted by Crippen LogP contribution is 2.33. The Kier molecular flexibility index (Phi) is 3.08. The summed E-state index contributed by atoms with van der Waals surface area (Å²) in [5.74, 6) is 1.52. The lowest BCUT2D eigenvalue weighted by Gasteiger charge is -2.10. The van der Waals surface area contributed by atoms with E-state index in [0.717, 1.165) is 12.0 Å². The van der Waals surface area contributed by atoms with Crippen LogP contribution in [-0.4, -0.2) is 29.7 Å². The molecule has 7 heteroatoms. The number of hydrogen-bond donors (Lipinski definition) is 1. The predicted molar refractivity (Wildman–Crippen MR) is 76.0 cm³/mol. The summed E-state index contributed by atoms with van der Waals surface area (Å²) in [7, 11) is -2.96. The summed E-state index contributed by atoms with van der Waals surface area (Å²) in [6.07, 6.45) is 2.88. The Balaban J connectivity index is 2.05. The van der Waals surface area contributed by atoms with Crippen LogP contribution >= 0.6 is 0 Å². The van der Waals surface area contributed by atoms with Crippen LogP contribution in [0.2, 0.25) is 0 Å². The summed E-state index contributed by atoms with van der Waals surface area (Å²) in [4.78, 5) is 0. The molecule has 108 valence electrons. The molecule has 0 saturated carbocycles. The van der Waals surface area contributed by atoms with Gasteiger partial charge in [-0.2, -0.15) is 5.10 Å². The van der Waals surface area contributed by atoms with Crippen molar-refractivity contribution in [2.24, 2.45) is 0 Å². The van der Waals surface area contributed by atoms with Crippen LogP contribution in [0.1, 0.15) is 24.9 Å². The Morgan fingerprint density at radius 3 is 2.90 bits per heavy atom. The number of anilines is 1. The monoisotopic (exact) mass is 295 g/mol. The van der Waals surface area contributed by atoms with E-state index in [1.165, 1.54) is 0 Å². The molecule has 0 aliphatic carbocycles. The van der Waals surface area contributed by atoms with E-state index < -0.39 is 9.84 Å². The van der Waals surface area contributed by atoms with Crippen LogP contribution in [0.5, 0.6) is 0 Å². The van der Waals surface area contributed by atoms with Gasteiger partial charge in [-0.25, -0.2) is 13.1 Å². The average Bonchev–Trinajstić information content (AvgIpc) is 3.08. The molecule has 1 fully saturated rings. The number of sulfone groups is 1. The summed E-state index contributed by atoms with van der Waals surface area (Å²) in [5, 5.41) is 4.50. The lowest BCUT2D eigenvalue weighted by Crippen LogP contribution is -2.15. The Morgan fingerprint density at radius 1 is 1.55 bits per heavy atom. The molecule has 1 saturated heterocycles. The molecule has 0 bridgehead atoms. The van der Waals surface area contributed by atoms with Crippen molar-refractivity contribution in [3.8, 4) is 11.5 Å². The van der Waals surface area contributed by atoms with E-state index >= 15 is 0 Å². The quantitative estimate of drug-likeness (QED) is 0.929. The van der Waals surface area contributed by atoms with Crippen molar-refractivity contribution in [1.82, 2.24) is 9.78 Å². The molecule has 1 aliphatic rings. The molecular weight excluding hydrogens is 278 g/mol. The lowest BCUT2D eigenvalue weighted by atomic mass is 10.1. The number of furan rings is 1. The average molecular weight is 295 g/mol. The fourth-order valence-corrected chi connectivity index (χ4v) is 4.38. The molecule has 0 radical (unpaired) electrons. The molecule has 0 aromatic carbocycles. The zero-order chi connectivity index (χ0) is 14.3. The first kappa shape index (κ1) is 13.2. The molecule has 1 unspecified atom stereocenters. The Hall–Kier alpha value is -1.76. The zero-order valence-corrected chi connectivity index (χ0v) is 12.1. The Bertz CT molecular complexity index is 716. The summed E-state index contributed by atoms with van der Waals surface area (Å²) < 4.78 is 30.3. The molecule has 3 heterocycles. The zero-order valence-electron chi connectivity index (χ0n) is 11.2. The summed E-state index contributed by atoms with van der Waals surface area (Å²) >= 11 is 0. The highest BCUT2D eigenvalue weighted by molar-refractivity contribution is 7.91. The van der Waals surface area contributed by atoms with Gasteiger partial charge in [0.2, 0.25) is 0 Å². The third-order valence-electron chi connectivity index (χ3n) is 3.71. The van der Waals surface area contributed by atoms with Gasteiger partial charge < -0.3 is 10.2 Å². The second kappa shape index (κ2) is 4.66. The van der Waals surface area contributed by atoms with Gasteiger partial charge in [-0.3, -0.25) is 0 Å². The molecule has 0 spiro atoms.